The number of thiazole rings is 1. The van der Waals surface area contributed by atoms with Gasteiger partial charge in [-0.15, -0.1) is 12.4 Å². The Bertz CT molecular complexity index is 1150. The number of ether oxygens (including phenoxy) is 2. The summed E-state index contributed by atoms with van der Waals surface area (Å²) in [5, 5.41) is 1.14. The molecule has 7 nitrogen and oxygen atoms in total. The van der Waals surface area contributed by atoms with Gasteiger partial charge in [0.25, 0.3) is 5.91 Å². The molecule has 10 heteroatoms. The number of anilines is 1. The first-order chi connectivity index (χ1) is 15.2. The summed E-state index contributed by atoms with van der Waals surface area (Å²) in [4.78, 5) is 23.5. The first-order valence-electron chi connectivity index (χ1n) is 9.72. The van der Waals surface area contributed by atoms with E-state index in [0.29, 0.717) is 33.7 Å². The third-order valence-electron chi connectivity index (χ3n) is 4.66. The molecule has 4 rings (SSSR count). The lowest BCUT2D eigenvalue weighted by Crippen LogP contribution is -2.36. The number of aryl methyl sites for hydroxylation is 1. The van der Waals surface area contributed by atoms with Crippen molar-refractivity contribution in [3.63, 3.8) is 0 Å². The SMILES string of the molecule is COc1ccc(Cl)c2sc(N(CCCn3ccnc3)C(=O)COc3ccccc3)nc12.Cl. The van der Waals surface area contributed by atoms with Crippen LogP contribution in [0.5, 0.6) is 11.5 Å². The molecular weight excluding hydrogens is 471 g/mol. The number of amides is 1. The highest BCUT2D eigenvalue weighted by Gasteiger charge is 2.22. The zero-order valence-corrected chi connectivity index (χ0v) is 19.7. The van der Waals surface area contributed by atoms with E-state index in [-0.39, 0.29) is 24.9 Å². The van der Waals surface area contributed by atoms with Gasteiger partial charge in [0.1, 0.15) is 17.0 Å². The van der Waals surface area contributed by atoms with E-state index in [1.54, 1.807) is 36.7 Å². The number of aromatic nitrogens is 3. The molecule has 0 N–H and O–H groups in total. The highest BCUT2D eigenvalue weighted by atomic mass is 35.5. The highest BCUT2D eigenvalue weighted by Crippen LogP contribution is 2.38. The van der Waals surface area contributed by atoms with E-state index < -0.39 is 0 Å². The Hall–Kier alpha value is -2.81. The highest BCUT2D eigenvalue weighted by molar-refractivity contribution is 7.23. The summed E-state index contributed by atoms with van der Waals surface area (Å²) < 4.78 is 13.9. The van der Waals surface area contributed by atoms with E-state index in [4.69, 9.17) is 21.1 Å². The number of imidazole rings is 1. The second-order valence-electron chi connectivity index (χ2n) is 6.72. The van der Waals surface area contributed by atoms with Gasteiger partial charge in [-0.2, -0.15) is 0 Å². The molecule has 0 unspecified atom stereocenters. The van der Waals surface area contributed by atoms with Crippen LogP contribution in [0.2, 0.25) is 5.02 Å². The zero-order chi connectivity index (χ0) is 21.6. The first kappa shape index (κ1) is 23.8. The van der Waals surface area contributed by atoms with E-state index in [1.807, 2.05) is 41.1 Å². The van der Waals surface area contributed by atoms with E-state index >= 15 is 0 Å². The predicted molar refractivity (Wildman–Crippen MR) is 130 cm³/mol. The molecule has 1 amide bonds. The average Bonchev–Trinajstić information content (AvgIpc) is 3.47. The van der Waals surface area contributed by atoms with E-state index in [1.165, 1.54) is 11.3 Å². The maximum absolute atomic E-state index is 13.1. The van der Waals surface area contributed by atoms with Crippen LogP contribution in [0.4, 0.5) is 5.13 Å². The summed E-state index contributed by atoms with van der Waals surface area (Å²) in [6.07, 6.45) is 6.12. The lowest BCUT2D eigenvalue weighted by Gasteiger charge is -2.20. The zero-order valence-electron chi connectivity index (χ0n) is 17.3. The molecule has 0 radical (unpaired) electrons. The first-order valence-corrected chi connectivity index (χ1v) is 10.9. The number of hydrogen-bond acceptors (Lipinski definition) is 6. The Morgan fingerprint density at radius 3 is 2.75 bits per heavy atom. The molecule has 0 saturated carbocycles. The largest absolute Gasteiger partial charge is 0.494 e. The summed E-state index contributed by atoms with van der Waals surface area (Å²) in [6, 6.07) is 12.8. The molecule has 0 aliphatic heterocycles. The molecule has 0 aliphatic rings. The molecule has 0 bridgehead atoms. The lowest BCUT2D eigenvalue weighted by molar-refractivity contribution is -0.120. The number of methoxy groups -OCH3 is 1. The second kappa shape index (κ2) is 11.2. The van der Waals surface area contributed by atoms with Gasteiger partial charge in [-0.3, -0.25) is 9.69 Å². The lowest BCUT2D eigenvalue weighted by atomic mass is 10.3. The minimum atomic E-state index is -0.177. The number of carbonyl (C=O) groups excluding carboxylic acids is 1. The van der Waals surface area contributed by atoms with Crippen LogP contribution in [0.15, 0.2) is 61.2 Å². The van der Waals surface area contributed by atoms with Crippen LogP contribution in [0, 0.1) is 0 Å². The number of hydrogen-bond donors (Lipinski definition) is 0. The van der Waals surface area contributed by atoms with E-state index in [0.717, 1.165) is 17.7 Å². The number of rotatable bonds is 9. The van der Waals surface area contributed by atoms with Gasteiger partial charge in [0.2, 0.25) is 0 Å². The summed E-state index contributed by atoms with van der Waals surface area (Å²) in [5.41, 5.74) is 0.645. The molecule has 0 atom stereocenters. The van der Waals surface area contributed by atoms with E-state index in [2.05, 4.69) is 9.97 Å². The fraction of sp³-hybridized carbons (Fsp3) is 0.227. The molecule has 32 heavy (non-hydrogen) atoms. The minimum Gasteiger partial charge on any atom is -0.494 e. The molecule has 0 aliphatic carbocycles. The predicted octanol–water partition coefficient (Wildman–Crippen LogP) is 5.08. The van der Waals surface area contributed by atoms with Crippen molar-refractivity contribution in [3.8, 4) is 11.5 Å². The monoisotopic (exact) mass is 492 g/mol. The van der Waals surface area contributed by atoms with Gasteiger partial charge in [-0.1, -0.05) is 41.1 Å². The standard InChI is InChI=1S/C22H21ClN4O3S.ClH/c1-29-18-9-8-17(23)21-20(18)25-22(31-21)27(12-5-11-26-13-10-24-15-26)19(28)14-30-16-6-3-2-4-7-16;/h2-4,6-10,13,15H,5,11-12,14H2,1H3;1H. The Balaban J connectivity index is 0.00000289. The van der Waals surface area contributed by atoms with Crippen molar-refractivity contribution < 1.29 is 14.3 Å². The molecular formula is C22H22Cl2N4O3S. The van der Waals surface area contributed by atoms with E-state index in [9.17, 15) is 4.79 Å². The number of benzene rings is 2. The topological polar surface area (TPSA) is 69.5 Å². The van der Waals surface area contributed by atoms with Gasteiger partial charge in [0, 0.05) is 25.5 Å². The molecule has 0 saturated heterocycles. The fourth-order valence-electron chi connectivity index (χ4n) is 3.12. The van der Waals surface area contributed by atoms with Crippen molar-refractivity contribution in [1.29, 1.82) is 0 Å². The van der Waals surface area contributed by atoms with Crippen LogP contribution >= 0.6 is 35.3 Å². The van der Waals surface area contributed by atoms with Gasteiger partial charge >= 0.3 is 0 Å². The molecule has 2 heterocycles. The fourth-order valence-corrected chi connectivity index (χ4v) is 4.42. The Kier molecular flexibility index (Phi) is 8.33. The third kappa shape index (κ3) is 5.51. The Morgan fingerprint density at radius 1 is 1.22 bits per heavy atom. The molecule has 2 aromatic heterocycles. The second-order valence-corrected chi connectivity index (χ2v) is 8.11. The van der Waals surface area contributed by atoms with Crippen LogP contribution in [-0.4, -0.2) is 40.7 Å². The molecule has 4 aromatic rings. The van der Waals surface area contributed by atoms with Gasteiger partial charge in [0.15, 0.2) is 11.7 Å². The number of carbonyl (C=O) groups is 1. The van der Waals surface area contributed by atoms with Crippen molar-refractivity contribution in [2.45, 2.75) is 13.0 Å². The van der Waals surface area contributed by atoms with Crippen LogP contribution in [0.25, 0.3) is 10.2 Å². The number of para-hydroxylation sites is 1. The normalized spacial score (nSPS) is 10.6. The maximum Gasteiger partial charge on any atom is 0.266 e. The minimum absolute atomic E-state index is 0. The van der Waals surface area contributed by atoms with Crippen molar-refractivity contribution in [3.05, 3.63) is 66.2 Å². The van der Waals surface area contributed by atoms with Gasteiger partial charge in [-0.25, -0.2) is 9.97 Å². The summed E-state index contributed by atoms with van der Waals surface area (Å²) >= 11 is 7.74. The molecule has 0 fully saturated rings. The number of nitrogens with zero attached hydrogens (tertiary/aromatic N) is 4. The van der Waals surface area contributed by atoms with Crippen LogP contribution in [0.1, 0.15) is 6.42 Å². The molecule has 168 valence electrons. The van der Waals surface area contributed by atoms with Crippen LogP contribution in [0.3, 0.4) is 0 Å². The Morgan fingerprint density at radius 2 is 2.03 bits per heavy atom. The summed E-state index contributed by atoms with van der Waals surface area (Å²) in [5.74, 6) is 1.08. The maximum atomic E-state index is 13.1. The van der Waals surface area contributed by atoms with Crippen LogP contribution < -0.4 is 14.4 Å². The summed E-state index contributed by atoms with van der Waals surface area (Å²) in [7, 11) is 1.59. The third-order valence-corrected chi connectivity index (χ3v) is 6.20. The quantitative estimate of drug-likeness (QED) is 0.325. The Labute approximate surface area is 201 Å². The number of fused-ring (bicyclic) bond motifs is 1. The smallest absolute Gasteiger partial charge is 0.266 e. The number of halogens is 2. The molecule has 2 aromatic carbocycles. The van der Waals surface area contributed by atoms with Gasteiger partial charge < -0.3 is 14.0 Å². The molecule has 0 spiro atoms. The van der Waals surface area contributed by atoms with Crippen molar-refractivity contribution in [2.24, 2.45) is 0 Å². The van der Waals surface area contributed by atoms with Crippen LogP contribution in [-0.2, 0) is 11.3 Å². The van der Waals surface area contributed by atoms with Crippen molar-refractivity contribution in [1.82, 2.24) is 14.5 Å². The van der Waals surface area contributed by atoms with Gasteiger partial charge in [0.05, 0.1) is 23.2 Å². The van der Waals surface area contributed by atoms with Gasteiger partial charge in [-0.05, 0) is 30.7 Å². The summed E-state index contributed by atoms with van der Waals surface area (Å²) in [6.45, 7) is 1.13. The average molecular weight is 493 g/mol. The van der Waals surface area contributed by atoms with Crippen molar-refractivity contribution in [2.75, 3.05) is 25.2 Å². The van der Waals surface area contributed by atoms with Crippen molar-refractivity contribution >= 4 is 56.6 Å².